The third-order valence-corrected chi connectivity index (χ3v) is 6.96. The Labute approximate surface area is 211 Å². The minimum Gasteiger partial charge on any atom is -1.00 e. The Balaban J connectivity index is 0.00000324. The summed E-state index contributed by atoms with van der Waals surface area (Å²) < 4.78 is 12.9. The maximum atomic E-state index is 13.9. The number of hydrogen-bond acceptors (Lipinski definition) is 6. The Morgan fingerprint density at radius 2 is 1.74 bits per heavy atom. The number of carbonyl (C=O) groups is 2. The van der Waals surface area contributed by atoms with Crippen LogP contribution in [0.2, 0.25) is 0 Å². The van der Waals surface area contributed by atoms with Crippen molar-refractivity contribution in [3.05, 3.63) is 59.7 Å². The number of rotatable bonds is 6. The Bertz CT molecular complexity index is 1020. The minimum atomic E-state index is -1.59. The van der Waals surface area contributed by atoms with E-state index in [0.717, 1.165) is 43.1 Å². The summed E-state index contributed by atoms with van der Waals surface area (Å²) in [7, 11) is 4.22. The first-order valence-electron chi connectivity index (χ1n) is 11.6. The van der Waals surface area contributed by atoms with Gasteiger partial charge in [0.15, 0.2) is 6.10 Å². The summed E-state index contributed by atoms with van der Waals surface area (Å²) in [5.41, 5.74) is 5.09. The molecule has 1 heterocycles. The van der Waals surface area contributed by atoms with Gasteiger partial charge in [0.1, 0.15) is 17.9 Å². The highest BCUT2D eigenvalue weighted by atomic mass is 79.9. The molecule has 0 bridgehead atoms. The number of nitrogens with two attached hydrogens (primary N) is 1. The van der Waals surface area contributed by atoms with Crippen LogP contribution in [0.25, 0.3) is 0 Å². The van der Waals surface area contributed by atoms with Crippen LogP contribution in [0, 0.1) is 5.92 Å². The molecule has 2 aromatic carbocycles. The lowest BCUT2D eigenvalue weighted by atomic mass is 9.79. The van der Waals surface area contributed by atoms with E-state index in [9.17, 15) is 14.7 Å². The smallest absolute Gasteiger partial charge is 0.356 e. The molecule has 0 spiro atoms. The highest BCUT2D eigenvalue weighted by Gasteiger charge is 2.54. The lowest BCUT2D eigenvalue weighted by Crippen LogP contribution is -3.00. The fourth-order valence-electron chi connectivity index (χ4n) is 5.20. The van der Waals surface area contributed by atoms with E-state index in [1.807, 2.05) is 18.2 Å². The molecule has 1 aliphatic heterocycles. The molecule has 3 N–H and O–H groups in total. The summed E-state index contributed by atoms with van der Waals surface area (Å²) >= 11 is 0. The molecule has 1 aliphatic carbocycles. The maximum absolute atomic E-state index is 13.9. The molecule has 1 saturated carbocycles. The Morgan fingerprint density at radius 1 is 1.06 bits per heavy atom. The minimum absolute atomic E-state index is 0. The van der Waals surface area contributed by atoms with E-state index in [-0.39, 0.29) is 40.3 Å². The van der Waals surface area contributed by atoms with Gasteiger partial charge in [-0.25, -0.2) is 9.59 Å². The summed E-state index contributed by atoms with van der Waals surface area (Å²) in [6.07, 6.45) is 3.90. The quantitative estimate of drug-likeness (QED) is 0.245. The highest BCUT2D eigenvalue weighted by Crippen LogP contribution is 2.45. The molecule has 184 valence electrons. The van der Waals surface area contributed by atoms with Crippen LogP contribution < -0.4 is 22.7 Å². The molecule has 2 aliphatic rings. The van der Waals surface area contributed by atoms with Crippen LogP contribution in [0.5, 0.6) is 5.75 Å². The predicted molar refractivity (Wildman–Crippen MR) is 124 cm³/mol. The maximum Gasteiger partial charge on any atom is 0.356 e. The van der Waals surface area contributed by atoms with Gasteiger partial charge in [0.25, 0.3) is 0 Å². The number of nitrogen functional groups attached to an aromatic ring is 1. The third-order valence-electron chi connectivity index (χ3n) is 6.96. The van der Waals surface area contributed by atoms with E-state index in [4.69, 9.17) is 15.2 Å². The summed E-state index contributed by atoms with van der Waals surface area (Å²) in [5.74, 6) is -1.80. The van der Waals surface area contributed by atoms with Crippen molar-refractivity contribution < 1.29 is 45.6 Å². The average molecular weight is 533 g/mol. The van der Waals surface area contributed by atoms with Crippen molar-refractivity contribution in [3.8, 4) is 5.75 Å². The average Bonchev–Trinajstić information content (AvgIpc) is 3.44. The molecule has 4 rings (SSSR count). The standard InChI is InChI=1S/C26H32N2O5.BrH/c1-28(2)15-14-21(17-28)32-25(31)26(19-10-6-7-11-19,18-8-4-3-5-9-18)33-24(30)22-16-20(27)12-13-23(22)29;/h3-5,8-9,12-13,16,19,21H,6-7,10-11,14-15,17,27H2,1-2H3;1H. The molecule has 0 aromatic heterocycles. The lowest BCUT2D eigenvalue weighted by molar-refractivity contribution is -0.879. The van der Waals surface area contributed by atoms with Crippen LogP contribution in [0.4, 0.5) is 5.69 Å². The van der Waals surface area contributed by atoms with Crippen LogP contribution in [-0.4, -0.2) is 54.8 Å². The van der Waals surface area contributed by atoms with Crippen LogP contribution in [-0.2, 0) is 19.9 Å². The predicted octanol–water partition coefficient (Wildman–Crippen LogP) is 0.613. The number of phenolic OH excluding ortho intramolecular Hbond substituents is 1. The Hall–Kier alpha value is -2.58. The lowest BCUT2D eigenvalue weighted by Gasteiger charge is -2.37. The van der Waals surface area contributed by atoms with Gasteiger partial charge in [-0.05, 0) is 31.0 Å². The van der Waals surface area contributed by atoms with Crippen molar-refractivity contribution in [1.29, 1.82) is 0 Å². The van der Waals surface area contributed by atoms with Gasteiger partial charge >= 0.3 is 11.9 Å². The molecule has 8 heteroatoms. The number of likely N-dealkylation sites (tertiary alicyclic amines) is 1. The summed E-state index contributed by atoms with van der Waals surface area (Å²) in [6.45, 7) is 1.63. The molecule has 34 heavy (non-hydrogen) atoms. The first-order valence-corrected chi connectivity index (χ1v) is 11.6. The number of quaternary nitrogens is 1. The van der Waals surface area contributed by atoms with E-state index < -0.39 is 17.5 Å². The van der Waals surface area contributed by atoms with E-state index >= 15 is 0 Å². The van der Waals surface area contributed by atoms with Crippen molar-refractivity contribution in [2.24, 2.45) is 5.92 Å². The molecule has 0 amide bonds. The van der Waals surface area contributed by atoms with E-state index in [2.05, 4.69) is 14.1 Å². The van der Waals surface area contributed by atoms with Gasteiger partial charge < -0.3 is 41.8 Å². The topological polar surface area (TPSA) is 98.9 Å². The molecule has 7 nitrogen and oxygen atoms in total. The molecule has 1 saturated heterocycles. The van der Waals surface area contributed by atoms with E-state index in [1.165, 1.54) is 18.2 Å². The van der Waals surface area contributed by atoms with Crippen LogP contribution in [0.3, 0.4) is 0 Å². The highest BCUT2D eigenvalue weighted by molar-refractivity contribution is 5.96. The number of aromatic hydroxyl groups is 1. The van der Waals surface area contributed by atoms with Gasteiger partial charge in [-0.3, -0.25) is 0 Å². The van der Waals surface area contributed by atoms with Gasteiger partial charge in [0.2, 0.25) is 5.60 Å². The van der Waals surface area contributed by atoms with Crippen molar-refractivity contribution in [1.82, 2.24) is 0 Å². The van der Waals surface area contributed by atoms with Crippen molar-refractivity contribution in [2.75, 3.05) is 32.9 Å². The fourth-order valence-corrected chi connectivity index (χ4v) is 5.20. The number of hydrogen-bond donors (Lipinski definition) is 2. The molecular formula is C26H33BrN2O5. The van der Waals surface area contributed by atoms with Gasteiger partial charge in [-0.2, -0.15) is 0 Å². The molecular weight excluding hydrogens is 500 g/mol. The first-order chi connectivity index (χ1) is 15.7. The summed E-state index contributed by atoms with van der Waals surface area (Å²) in [5, 5.41) is 10.3. The third kappa shape index (κ3) is 5.23. The molecule has 0 radical (unpaired) electrons. The number of halogens is 1. The first kappa shape index (κ1) is 26.0. The van der Waals surface area contributed by atoms with Crippen LogP contribution in [0.1, 0.15) is 48.0 Å². The van der Waals surface area contributed by atoms with Crippen molar-refractivity contribution in [3.63, 3.8) is 0 Å². The van der Waals surface area contributed by atoms with Crippen LogP contribution in [0.15, 0.2) is 48.5 Å². The van der Waals surface area contributed by atoms with E-state index in [0.29, 0.717) is 17.8 Å². The number of carbonyl (C=O) groups excluding carboxylic acids is 2. The monoisotopic (exact) mass is 532 g/mol. The normalized spacial score (nSPS) is 21.3. The number of benzene rings is 2. The molecule has 2 unspecified atom stereocenters. The summed E-state index contributed by atoms with van der Waals surface area (Å²) in [6, 6.07) is 13.3. The number of anilines is 1. The Kier molecular flexibility index (Phi) is 7.93. The Morgan fingerprint density at radius 3 is 2.35 bits per heavy atom. The number of ether oxygens (including phenoxy) is 2. The zero-order valence-corrected chi connectivity index (χ0v) is 21.3. The van der Waals surface area contributed by atoms with Gasteiger partial charge in [0.05, 0.1) is 20.6 Å². The molecule has 2 aromatic rings. The zero-order valence-electron chi connectivity index (χ0n) is 19.7. The fraction of sp³-hybridized carbons (Fsp3) is 0.462. The van der Waals surface area contributed by atoms with Crippen molar-refractivity contribution >= 4 is 17.6 Å². The van der Waals surface area contributed by atoms with Crippen LogP contribution >= 0.6 is 0 Å². The number of esters is 2. The number of phenols is 1. The number of likely N-dealkylation sites (N-methyl/N-ethyl adjacent to an activating group) is 1. The molecule has 2 fully saturated rings. The SMILES string of the molecule is C[N+]1(C)CCC(OC(=O)C(OC(=O)c2cc(N)ccc2O)(c2ccccc2)C2CCCC2)C1.[Br-]. The van der Waals surface area contributed by atoms with E-state index in [1.54, 1.807) is 12.1 Å². The second-order valence-electron chi connectivity index (χ2n) is 9.91. The summed E-state index contributed by atoms with van der Waals surface area (Å²) in [4.78, 5) is 27.3. The van der Waals surface area contributed by atoms with Gasteiger partial charge in [0, 0.05) is 23.6 Å². The largest absolute Gasteiger partial charge is 1.00 e. The second-order valence-corrected chi connectivity index (χ2v) is 9.91. The number of nitrogens with zero attached hydrogens (tertiary/aromatic N) is 1. The van der Waals surface area contributed by atoms with Crippen molar-refractivity contribution in [2.45, 2.75) is 43.8 Å². The van der Waals surface area contributed by atoms with Gasteiger partial charge in [-0.1, -0.05) is 43.2 Å². The molecule has 2 atom stereocenters. The zero-order chi connectivity index (χ0) is 23.6. The second kappa shape index (κ2) is 10.4. The van der Waals surface area contributed by atoms with Gasteiger partial charge in [-0.15, -0.1) is 0 Å².